The molecule has 4 heteroatoms. The zero-order valence-corrected chi connectivity index (χ0v) is 10.9. The van der Waals surface area contributed by atoms with E-state index in [1.54, 1.807) is 6.20 Å². The van der Waals surface area contributed by atoms with Gasteiger partial charge in [0.15, 0.2) is 0 Å². The Morgan fingerprint density at radius 2 is 2.00 bits per heavy atom. The van der Waals surface area contributed by atoms with E-state index in [9.17, 15) is 0 Å². The molecule has 0 N–H and O–H groups in total. The summed E-state index contributed by atoms with van der Waals surface area (Å²) in [4.78, 5) is 8.33. The van der Waals surface area contributed by atoms with Crippen molar-refractivity contribution in [2.45, 2.75) is 6.92 Å². The van der Waals surface area contributed by atoms with Gasteiger partial charge in [-0.3, -0.25) is 4.98 Å². The first-order valence-electron chi connectivity index (χ1n) is 5.69. The third-order valence-electron chi connectivity index (χ3n) is 3.09. The number of fused-ring (bicyclic) bond motifs is 1. The van der Waals surface area contributed by atoms with E-state index in [2.05, 4.69) is 26.7 Å². The van der Waals surface area contributed by atoms with Gasteiger partial charge in [0.1, 0.15) is 5.15 Å². The van der Waals surface area contributed by atoms with E-state index in [1.165, 1.54) is 0 Å². The number of nitrogens with zero attached hydrogens (tertiary/aromatic N) is 3. The molecule has 18 heavy (non-hydrogen) atoms. The van der Waals surface area contributed by atoms with Gasteiger partial charge in [0, 0.05) is 41.8 Å². The van der Waals surface area contributed by atoms with Crippen molar-refractivity contribution in [3.63, 3.8) is 0 Å². The Morgan fingerprint density at radius 1 is 1.17 bits per heavy atom. The minimum Gasteiger partial charge on any atom is -0.343 e. The lowest BCUT2D eigenvalue weighted by Gasteiger charge is -2.04. The van der Waals surface area contributed by atoms with Crippen LogP contribution in [0.2, 0.25) is 5.15 Å². The molecule has 0 saturated carbocycles. The van der Waals surface area contributed by atoms with E-state index >= 15 is 0 Å². The molecule has 3 nitrogen and oxygen atoms in total. The summed E-state index contributed by atoms with van der Waals surface area (Å²) < 4.78 is 2.12. The van der Waals surface area contributed by atoms with Crippen molar-refractivity contribution in [3.8, 4) is 11.3 Å². The van der Waals surface area contributed by atoms with Crippen LogP contribution in [-0.2, 0) is 7.05 Å². The lowest BCUT2D eigenvalue weighted by Crippen LogP contribution is -1.92. The summed E-state index contributed by atoms with van der Waals surface area (Å²) in [6.07, 6.45) is 3.63. The van der Waals surface area contributed by atoms with Gasteiger partial charge >= 0.3 is 0 Å². The van der Waals surface area contributed by atoms with Crippen molar-refractivity contribution in [3.05, 3.63) is 47.5 Å². The SMILES string of the molecule is Cc1cc(-c2cc3cnc(Cl)cc3n2C)ccn1. The van der Waals surface area contributed by atoms with Gasteiger partial charge in [-0.1, -0.05) is 11.6 Å². The quantitative estimate of drug-likeness (QED) is 0.624. The average Bonchev–Trinajstić information content (AvgIpc) is 2.67. The standard InChI is InChI=1S/C14H12ClN3/c1-9-5-10(3-4-16-9)12-6-11-8-17-14(15)7-13(11)18(12)2/h3-8H,1-2H3. The number of rotatable bonds is 1. The summed E-state index contributed by atoms with van der Waals surface area (Å²) in [5, 5.41) is 1.60. The molecule has 0 aromatic carbocycles. The molecule has 0 bridgehead atoms. The maximum Gasteiger partial charge on any atom is 0.131 e. The fourth-order valence-corrected chi connectivity index (χ4v) is 2.34. The number of aryl methyl sites for hydroxylation is 2. The lowest BCUT2D eigenvalue weighted by atomic mass is 10.1. The second kappa shape index (κ2) is 4.10. The van der Waals surface area contributed by atoms with Crippen LogP contribution in [0.15, 0.2) is 36.7 Å². The largest absolute Gasteiger partial charge is 0.343 e. The Morgan fingerprint density at radius 3 is 2.78 bits per heavy atom. The molecule has 3 rings (SSSR count). The first-order valence-corrected chi connectivity index (χ1v) is 6.07. The smallest absolute Gasteiger partial charge is 0.131 e. The highest BCUT2D eigenvalue weighted by Gasteiger charge is 2.08. The molecule has 3 heterocycles. The molecule has 0 aliphatic rings. The number of halogens is 1. The number of aromatic nitrogens is 3. The fourth-order valence-electron chi connectivity index (χ4n) is 2.19. The van der Waals surface area contributed by atoms with Crippen molar-refractivity contribution < 1.29 is 0 Å². The van der Waals surface area contributed by atoms with Gasteiger partial charge in [-0.25, -0.2) is 4.98 Å². The molecule has 3 aromatic heterocycles. The monoisotopic (exact) mass is 257 g/mol. The van der Waals surface area contributed by atoms with E-state index in [1.807, 2.05) is 32.3 Å². The summed E-state index contributed by atoms with van der Waals surface area (Å²) in [5.41, 5.74) is 4.38. The van der Waals surface area contributed by atoms with Crippen LogP contribution in [0, 0.1) is 6.92 Å². The molecule has 0 amide bonds. The highest BCUT2D eigenvalue weighted by atomic mass is 35.5. The Kier molecular flexibility index (Phi) is 2.56. The Bertz CT molecular complexity index is 731. The van der Waals surface area contributed by atoms with Gasteiger partial charge in [0.05, 0.1) is 5.52 Å². The Hall–Kier alpha value is -1.87. The maximum atomic E-state index is 5.94. The fraction of sp³-hybridized carbons (Fsp3) is 0.143. The van der Waals surface area contributed by atoms with E-state index in [-0.39, 0.29) is 0 Å². The molecular formula is C14H12ClN3. The Balaban J connectivity index is 2.27. The van der Waals surface area contributed by atoms with E-state index in [4.69, 9.17) is 11.6 Å². The average molecular weight is 258 g/mol. The molecule has 3 aromatic rings. The van der Waals surface area contributed by atoms with Crippen LogP contribution < -0.4 is 0 Å². The topological polar surface area (TPSA) is 30.7 Å². The van der Waals surface area contributed by atoms with Gasteiger partial charge in [-0.05, 0) is 31.2 Å². The van der Waals surface area contributed by atoms with Crippen molar-refractivity contribution in [1.29, 1.82) is 0 Å². The third kappa shape index (κ3) is 1.77. The van der Waals surface area contributed by atoms with Gasteiger partial charge < -0.3 is 4.57 Å². The Labute approximate surface area is 110 Å². The van der Waals surface area contributed by atoms with Crippen LogP contribution in [0.25, 0.3) is 22.2 Å². The van der Waals surface area contributed by atoms with Crippen molar-refractivity contribution >= 4 is 22.5 Å². The van der Waals surface area contributed by atoms with Gasteiger partial charge in [-0.15, -0.1) is 0 Å². The van der Waals surface area contributed by atoms with Crippen molar-refractivity contribution in [2.24, 2.45) is 7.05 Å². The van der Waals surface area contributed by atoms with Crippen molar-refractivity contribution in [1.82, 2.24) is 14.5 Å². The van der Waals surface area contributed by atoms with Crippen LogP contribution in [0.5, 0.6) is 0 Å². The second-order valence-corrected chi connectivity index (χ2v) is 4.73. The van der Waals surface area contributed by atoms with E-state index < -0.39 is 0 Å². The summed E-state index contributed by atoms with van der Waals surface area (Å²) >= 11 is 5.94. The molecule has 0 spiro atoms. The zero-order valence-electron chi connectivity index (χ0n) is 10.2. The molecule has 0 aliphatic carbocycles. The predicted molar refractivity (Wildman–Crippen MR) is 73.7 cm³/mol. The summed E-state index contributed by atoms with van der Waals surface area (Å²) in [7, 11) is 2.03. The molecule has 0 saturated heterocycles. The summed E-state index contributed by atoms with van der Waals surface area (Å²) in [6, 6.07) is 8.08. The highest BCUT2D eigenvalue weighted by Crippen LogP contribution is 2.27. The number of pyridine rings is 2. The first kappa shape index (κ1) is 11.2. The van der Waals surface area contributed by atoms with Gasteiger partial charge in [-0.2, -0.15) is 0 Å². The van der Waals surface area contributed by atoms with Crippen LogP contribution in [0.3, 0.4) is 0 Å². The molecule has 0 aliphatic heterocycles. The number of hydrogen-bond donors (Lipinski definition) is 0. The van der Waals surface area contributed by atoms with Crippen LogP contribution in [0.1, 0.15) is 5.69 Å². The molecule has 0 radical (unpaired) electrons. The normalized spacial score (nSPS) is 11.1. The summed E-state index contributed by atoms with van der Waals surface area (Å²) in [5.74, 6) is 0. The first-order chi connectivity index (χ1) is 8.65. The highest BCUT2D eigenvalue weighted by molar-refractivity contribution is 6.30. The van der Waals surface area contributed by atoms with Crippen LogP contribution in [0.4, 0.5) is 0 Å². The van der Waals surface area contributed by atoms with Crippen LogP contribution in [-0.4, -0.2) is 14.5 Å². The third-order valence-corrected chi connectivity index (χ3v) is 3.29. The molecule has 0 fully saturated rings. The number of hydrogen-bond acceptors (Lipinski definition) is 2. The molecule has 0 unspecified atom stereocenters. The van der Waals surface area contributed by atoms with Gasteiger partial charge in [0.25, 0.3) is 0 Å². The molecule has 90 valence electrons. The van der Waals surface area contributed by atoms with E-state index in [0.29, 0.717) is 5.15 Å². The predicted octanol–water partition coefficient (Wildman–Crippen LogP) is 3.60. The molecule has 0 atom stereocenters. The van der Waals surface area contributed by atoms with Gasteiger partial charge in [0.2, 0.25) is 0 Å². The second-order valence-electron chi connectivity index (χ2n) is 4.34. The lowest BCUT2D eigenvalue weighted by molar-refractivity contribution is 0.975. The summed E-state index contributed by atoms with van der Waals surface area (Å²) in [6.45, 7) is 1.99. The minimum atomic E-state index is 0.515. The minimum absolute atomic E-state index is 0.515. The maximum absolute atomic E-state index is 5.94. The zero-order chi connectivity index (χ0) is 12.7. The molecular weight excluding hydrogens is 246 g/mol. The van der Waals surface area contributed by atoms with Crippen LogP contribution >= 0.6 is 11.6 Å². The van der Waals surface area contributed by atoms with E-state index in [0.717, 1.165) is 27.9 Å². The van der Waals surface area contributed by atoms with Crippen molar-refractivity contribution in [2.75, 3.05) is 0 Å².